The summed E-state index contributed by atoms with van der Waals surface area (Å²) in [4.78, 5) is 15.3. The van der Waals surface area contributed by atoms with Gasteiger partial charge in [0, 0.05) is 30.1 Å². The summed E-state index contributed by atoms with van der Waals surface area (Å²) in [6.07, 6.45) is 0. The Balaban J connectivity index is 1.52. The Bertz CT molecular complexity index is 1220. The van der Waals surface area contributed by atoms with Crippen molar-refractivity contribution in [1.82, 2.24) is 9.29 Å². The Morgan fingerprint density at radius 1 is 1.19 bits per heavy atom. The van der Waals surface area contributed by atoms with Gasteiger partial charge in [-0.15, -0.1) is 11.3 Å². The molecule has 32 heavy (non-hydrogen) atoms. The van der Waals surface area contributed by atoms with Gasteiger partial charge < -0.3 is 9.47 Å². The molecule has 0 amide bonds. The van der Waals surface area contributed by atoms with Gasteiger partial charge in [0.05, 0.1) is 28.7 Å². The lowest BCUT2D eigenvalue weighted by Crippen LogP contribution is -2.40. The summed E-state index contributed by atoms with van der Waals surface area (Å²) >= 11 is 1.46. The maximum atomic E-state index is 12.8. The highest BCUT2D eigenvalue weighted by molar-refractivity contribution is 7.89. The molecule has 9 nitrogen and oxygen atoms in total. The topological polar surface area (TPSA) is 112 Å². The van der Waals surface area contributed by atoms with E-state index < -0.39 is 20.6 Å². The molecule has 1 fully saturated rings. The standard InChI is InChI=1S/C21H21N3O6S2/c1-15-2-4-16(5-3-15)21-22-17(14-31-21)13-30-20-7-6-18(12-19(20)24(25)26)32(27,28)23-8-10-29-11-9-23/h2-7,12,14H,8-11,13H2,1H3. The summed E-state index contributed by atoms with van der Waals surface area (Å²) in [5, 5.41) is 14.2. The number of sulfonamides is 1. The fourth-order valence-electron chi connectivity index (χ4n) is 3.21. The molecule has 0 radical (unpaired) electrons. The number of morpholine rings is 1. The van der Waals surface area contributed by atoms with E-state index in [1.807, 2.05) is 36.6 Å². The van der Waals surface area contributed by atoms with Crippen molar-refractivity contribution in [3.8, 4) is 16.3 Å². The molecule has 0 atom stereocenters. The summed E-state index contributed by atoms with van der Waals surface area (Å²) in [6.45, 7) is 3.04. The van der Waals surface area contributed by atoms with Gasteiger partial charge in [-0.3, -0.25) is 10.1 Å². The molecule has 0 unspecified atom stereocenters. The van der Waals surface area contributed by atoms with Gasteiger partial charge in [-0.25, -0.2) is 13.4 Å². The third-order valence-corrected chi connectivity index (χ3v) is 7.80. The molecule has 0 spiro atoms. The fraction of sp³-hybridized carbons (Fsp3) is 0.286. The first kappa shape index (κ1) is 22.3. The second-order valence-corrected chi connectivity index (χ2v) is 10.00. The predicted molar refractivity (Wildman–Crippen MR) is 119 cm³/mol. The predicted octanol–water partition coefficient (Wildman–Crippen LogP) is 3.63. The van der Waals surface area contributed by atoms with E-state index in [0.29, 0.717) is 18.9 Å². The lowest BCUT2D eigenvalue weighted by atomic mass is 10.2. The Kier molecular flexibility index (Phi) is 6.51. The van der Waals surface area contributed by atoms with Crippen molar-refractivity contribution in [1.29, 1.82) is 0 Å². The second-order valence-electron chi connectivity index (χ2n) is 7.20. The van der Waals surface area contributed by atoms with E-state index in [1.54, 1.807) is 0 Å². The summed E-state index contributed by atoms with van der Waals surface area (Å²) in [7, 11) is -3.85. The first-order chi connectivity index (χ1) is 15.3. The smallest absolute Gasteiger partial charge is 0.312 e. The highest BCUT2D eigenvalue weighted by Gasteiger charge is 2.29. The Morgan fingerprint density at radius 3 is 2.59 bits per heavy atom. The molecule has 0 N–H and O–H groups in total. The van der Waals surface area contributed by atoms with Gasteiger partial charge in [0.15, 0.2) is 5.75 Å². The first-order valence-electron chi connectivity index (χ1n) is 9.85. The number of hydrogen-bond donors (Lipinski definition) is 0. The van der Waals surface area contributed by atoms with Gasteiger partial charge in [0.25, 0.3) is 0 Å². The number of thiazole rings is 1. The van der Waals surface area contributed by atoms with Gasteiger partial charge >= 0.3 is 5.69 Å². The van der Waals surface area contributed by atoms with E-state index in [-0.39, 0.29) is 30.3 Å². The first-order valence-corrected chi connectivity index (χ1v) is 12.2. The number of hydrogen-bond acceptors (Lipinski definition) is 8. The number of ether oxygens (including phenoxy) is 2. The lowest BCUT2D eigenvalue weighted by Gasteiger charge is -2.26. The molecule has 2 heterocycles. The Labute approximate surface area is 189 Å². The van der Waals surface area contributed by atoms with E-state index in [2.05, 4.69) is 4.98 Å². The molecular weight excluding hydrogens is 454 g/mol. The minimum Gasteiger partial charge on any atom is -0.480 e. The largest absolute Gasteiger partial charge is 0.480 e. The zero-order chi connectivity index (χ0) is 22.7. The number of nitro benzene ring substituents is 1. The average Bonchev–Trinajstić information content (AvgIpc) is 3.27. The van der Waals surface area contributed by atoms with Crippen molar-refractivity contribution < 1.29 is 22.8 Å². The van der Waals surface area contributed by atoms with Gasteiger partial charge in [-0.05, 0) is 19.1 Å². The normalized spacial score (nSPS) is 14.9. The van der Waals surface area contributed by atoms with Crippen LogP contribution in [0.3, 0.4) is 0 Å². The number of aryl methyl sites for hydroxylation is 1. The zero-order valence-corrected chi connectivity index (χ0v) is 18.9. The number of rotatable bonds is 7. The summed E-state index contributed by atoms with van der Waals surface area (Å²) < 4.78 is 37.7. The Hall–Kier alpha value is -2.86. The highest BCUT2D eigenvalue weighted by atomic mass is 32.2. The van der Waals surface area contributed by atoms with Crippen molar-refractivity contribution in [2.45, 2.75) is 18.4 Å². The van der Waals surface area contributed by atoms with Crippen LogP contribution in [0, 0.1) is 17.0 Å². The minimum atomic E-state index is -3.85. The van der Waals surface area contributed by atoms with Crippen molar-refractivity contribution in [2.75, 3.05) is 26.3 Å². The maximum absolute atomic E-state index is 12.8. The van der Waals surface area contributed by atoms with Crippen LogP contribution in [0.4, 0.5) is 5.69 Å². The molecule has 1 aliphatic rings. The number of nitrogens with zero attached hydrogens (tertiary/aromatic N) is 3. The number of benzene rings is 2. The van der Waals surface area contributed by atoms with Gasteiger partial charge in [-0.2, -0.15) is 4.31 Å². The van der Waals surface area contributed by atoms with Crippen LogP contribution in [0.1, 0.15) is 11.3 Å². The van der Waals surface area contributed by atoms with Crippen molar-refractivity contribution in [3.63, 3.8) is 0 Å². The van der Waals surface area contributed by atoms with E-state index in [9.17, 15) is 18.5 Å². The lowest BCUT2D eigenvalue weighted by molar-refractivity contribution is -0.386. The molecule has 4 rings (SSSR count). The molecule has 11 heteroatoms. The molecule has 1 saturated heterocycles. The fourth-order valence-corrected chi connectivity index (χ4v) is 5.45. The van der Waals surface area contributed by atoms with Crippen molar-refractivity contribution >= 4 is 27.0 Å². The summed E-state index contributed by atoms with van der Waals surface area (Å²) in [5.74, 6) is -0.0131. The van der Waals surface area contributed by atoms with Crippen LogP contribution in [0.15, 0.2) is 52.7 Å². The zero-order valence-electron chi connectivity index (χ0n) is 17.3. The highest BCUT2D eigenvalue weighted by Crippen LogP contribution is 2.32. The van der Waals surface area contributed by atoms with Gasteiger partial charge in [0.1, 0.15) is 11.6 Å². The molecule has 0 saturated carbocycles. The van der Waals surface area contributed by atoms with Crippen LogP contribution >= 0.6 is 11.3 Å². The third kappa shape index (κ3) is 4.80. The monoisotopic (exact) mass is 475 g/mol. The SMILES string of the molecule is Cc1ccc(-c2nc(COc3ccc(S(=O)(=O)N4CCOCC4)cc3[N+](=O)[O-])cs2)cc1. The Morgan fingerprint density at radius 2 is 1.91 bits per heavy atom. The molecule has 3 aromatic rings. The van der Waals surface area contributed by atoms with Crippen LogP contribution in [-0.4, -0.2) is 48.9 Å². The van der Waals surface area contributed by atoms with Crippen LogP contribution in [0.25, 0.3) is 10.6 Å². The second kappa shape index (κ2) is 9.33. The van der Waals surface area contributed by atoms with Gasteiger partial charge in [0.2, 0.25) is 10.0 Å². The molecule has 2 aromatic carbocycles. The van der Waals surface area contributed by atoms with Gasteiger partial charge in [-0.1, -0.05) is 29.8 Å². The van der Waals surface area contributed by atoms with E-state index in [4.69, 9.17) is 9.47 Å². The average molecular weight is 476 g/mol. The number of nitro groups is 1. The third-order valence-electron chi connectivity index (χ3n) is 4.96. The molecule has 1 aromatic heterocycles. The van der Waals surface area contributed by atoms with Crippen molar-refractivity contribution in [2.24, 2.45) is 0 Å². The maximum Gasteiger partial charge on any atom is 0.312 e. The van der Waals surface area contributed by atoms with Crippen LogP contribution in [0.2, 0.25) is 0 Å². The molecular formula is C21H21N3O6S2. The summed E-state index contributed by atoms with van der Waals surface area (Å²) in [5.41, 5.74) is 2.36. The summed E-state index contributed by atoms with van der Waals surface area (Å²) in [6, 6.07) is 11.7. The molecule has 0 bridgehead atoms. The van der Waals surface area contributed by atoms with E-state index in [0.717, 1.165) is 22.2 Å². The van der Waals surface area contributed by atoms with E-state index >= 15 is 0 Å². The van der Waals surface area contributed by atoms with Crippen LogP contribution in [0.5, 0.6) is 5.75 Å². The van der Waals surface area contributed by atoms with Crippen LogP contribution in [-0.2, 0) is 21.4 Å². The van der Waals surface area contributed by atoms with Crippen LogP contribution < -0.4 is 4.74 Å². The molecule has 0 aliphatic carbocycles. The molecule has 1 aliphatic heterocycles. The minimum absolute atomic E-state index is 0.0131. The van der Waals surface area contributed by atoms with Crippen molar-refractivity contribution in [3.05, 3.63) is 69.2 Å². The quantitative estimate of drug-likeness (QED) is 0.379. The molecule has 168 valence electrons. The number of aromatic nitrogens is 1. The van der Waals surface area contributed by atoms with E-state index in [1.165, 1.54) is 27.8 Å².